The summed E-state index contributed by atoms with van der Waals surface area (Å²) in [7, 11) is -0.348. The molecule has 1 aromatic rings. The minimum atomic E-state index is -3.38. The maximum atomic E-state index is 12.3. The molecule has 0 aromatic heterocycles. The molecule has 1 amide bonds. The third-order valence-electron chi connectivity index (χ3n) is 3.82. The molecule has 6 nitrogen and oxygen atoms in total. The molecule has 0 bridgehead atoms. The quantitative estimate of drug-likeness (QED) is 0.809. The van der Waals surface area contributed by atoms with E-state index in [4.69, 9.17) is 0 Å². The van der Waals surface area contributed by atoms with Crippen LogP contribution in [-0.4, -0.2) is 68.1 Å². The first-order valence-corrected chi connectivity index (χ1v) is 8.71. The van der Waals surface area contributed by atoms with E-state index in [-0.39, 0.29) is 5.91 Å². The highest BCUT2D eigenvalue weighted by atomic mass is 32.2. The number of rotatable bonds is 4. The first kappa shape index (κ1) is 16.9. The lowest BCUT2D eigenvalue weighted by Gasteiger charge is -2.35. The van der Waals surface area contributed by atoms with Crippen molar-refractivity contribution >= 4 is 16.1 Å². The summed E-state index contributed by atoms with van der Waals surface area (Å²) in [6.45, 7) is 3.58. The lowest BCUT2D eigenvalue weighted by atomic mass is 10.1. The summed E-state index contributed by atoms with van der Waals surface area (Å²) in [4.78, 5) is 14.1. The van der Waals surface area contributed by atoms with Crippen LogP contribution in [-0.2, 0) is 21.4 Å². The third kappa shape index (κ3) is 3.85. The smallest absolute Gasteiger partial charge is 0.281 e. The average Bonchev–Trinajstić information content (AvgIpc) is 2.47. The van der Waals surface area contributed by atoms with Crippen molar-refractivity contribution < 1.29 is 13.2 Å². The minimum Gasteiger partial charge on any atom is -0.340 e. The van der Waals surface area contributed by atoms with Gasteiger partial charge in [0, 0.05) is 40.3 Å². The van der Waals surface area contributed by atoms with Crippen molar-refractivity contribution in [3.63, 3.8) is 0 Å². The molecule has 1 fully saturated rings. The molecule has 2 rings (SSSR count). The van der Waals surface area contributed by atoms with E-state index in [0.717, 1.165) is 11.1 Å². The summed E-state index contributed by atoms with van der Waals surface area (Å²) in [5.74, 6) is 0.0486. The molecule has 0 spiro atoms. The van der Waals surface area contributed by atoms with Gasteiger partial charge in [-0.1, -0.05) is 29.8 Å². The summed E-state index contributed by atoms with van der Waals surface area (Å²) in [5.41, 5.74) is 2.13. The van der Waals surface area contributed by atoms with Gasteiger partial charge in [-0.05, 0) is 12.5 Å². The van der Waals surface area contributed by atoms with E-state index in [0.29, 0.717) is 32.6 Å². The van der Waals surface area contributed by atoms with Gasteiger partial charge in [0.05, 0.1) is 6.42 Å². The van der Waals surface area contributed by atoms with Gasteiger partial charge in [0.2, 0.25) is 5.91 Å². The fourth-order valence-corrected chi connectivity index (χ4v) is 3.59. The van der Waals surface area contributed by atoms with E-state index in [2.05, 4.69) is 0 Å². The van der Waals surface area contributed by atoms with Crippen LogP contribution in [0.2, 0.25) is 0 Å². The van der Waals surface area contributed by atoms with Crippen LogP contribution in [0.15, 0.2) is 24.3 Å². The minimum absolute atomic E-state index is 0.0486. The van der Waals surface area contributed by atoms with Gasteiger partial charge >= 0.3 is 0 Å². The number of carbonyl (C=O) groups excluding carboxylic acids is 1. The van der Waals surface area contributed by atoms with Gasteiger partial charge in [0.25, 0.3) is 10.2 Å². The summed E-state index contributed by atoms with van der Waals surface area (Å²) in [6, 6.07) is 7.89. The Morgan fingerprint density at radius 1 is 1.18 bits per heavy atom. The summed E-state index contributed by atoms with van der Waals surface area (Å²) >= 11 is 0. The Labute approximate surface area is 132 Å². The average molecular weight is 325 g/mol. The number of nitrogens with zero attached hydrogens (tertiary/aromatic N) is 3. The van der Waals surface area contributed by atoms with Crippen LogP contribution >= 0.6 is 0 Å². The molecule has 0 N–H and O–H groups in total. The topological polar surface area (TPSA) is 60.9 Å². The van der Waals surface area contributed by atoms with Crippen molar-refractivity contribution in [2.24, 2.45) is 0 Å². The Hall–Kier alpha value is -1.44. The first-order valence-electron chi connectivity index (χ1n) is 7.31. The highest BCUT2D eigenvalue weighted by molar-refractivity contribution is 7.86. The Bertz CT molecular complexity index is 635. The van der Waals surface area contributed by atoms with Crippen molar-refractivity contribution in [1.82, 2.24) is 13.5 Å². The normalized spacial score (nSPS) is 17.0. The lowest BCUT2D eigenvalue weighted by molar-refractivity contribution is -0.131. The zero-order valence-corrected chi connectivity index (χ0v) is 14.1. The molecular weight excluding hydrogens is 302 g/mol. The predicted molar refractivity (Wildman–Crippen MR) is 85.6 cm³/mol. The van der Waals surface area contributed by atoms with Crippen molar-refractivity contribution in [3.8, 4) is 0 Å². The largest absolute Gasteiger partial charge is 0.340 e. The van der Waals surface area contributed by atoms with Crippen LogP contribution < -0.4 is 0 Å². The van der Waals surface area contributed by atoms with Gasteiger partial charge in [-0.25, -0.2) is 0 Å². The van der Waals surface area contributed by atoms with E-state index >= 15 is 0 Å². The van der Waals surface area contributed by atoms with Gasteiger partial charge in [0.1, 0.15) is 0 Å². The fraction of sp³-hybridized carbons (Fsp3) is 0.533. The highest BCUT2D eigenvalue weighted by Gasteiger charge is 2.30. The lowest BCUT2D eigenvalue weighted by Crippen LogP contribution is -2.53. The molecule has 122 valence electrons. The van der Waals surface area contributed by atoms with Crippen molar-refractivity contribution in [2.75, 3.05) is 40.3 Å². The zero-order chi connectivity index (χ0) is 16.3. The molecule has 7 heteroatoms. The summed E-state index contributed by atoms with van der Waals surface area (Å²) in [6.07, 6.45) is 0.363. The highest BCUT2D eigenvalue weighted by Crippen LogP contribution is 2.12. The number of carbonyl (C=O) groups is 1. The van der Waals surface area contributed by atoms with E-state index in [9.17, 15) is 13.2 Å². The molecule has 0 unspecified atom stereocenters. The zero-order valence-electron chi connectivity index (χ0n) is 13.3. The monoisotopic (exact) mass is 325 g/mol. The molecule has 22 heavy (non-hydrogen) atoms. The van der Waals surface area contributed by atoms with Crippen molar-refractivity contribution in [3.05, 3.63) is 35.4 Å². The second-order valence-electron chi connectivity index (χ2n) is 5.74. The molecule has 0 atom stereocenters. The van der Waals surface area contributed by atoms with Crippen LogP contribution in [0.4, 0.5) is 0 Å². The number of amides is 1. The fourth-order valence-electron chi connectivity index (χ4n) is 2.51. The SMILES string of the molecule is Cc1cccc(CC(=O)N2CCN(S(=O)(=O)N(C)C)CC2)c1. The Morgan fingerprint density at radius 3 is 2.36 bits per heavy atom. The molecule has 1 saturated heterocycles. The van der Waals surface area contributed by atoms with Gasteiger partial charge in [-0.15, -0.1) is 0 Å². The van der Waals surface area contributed by atoms with Crippen LogP contribution in [0.5, 0.6) is 0 Å². The Morgan fingerprint density at radius 2 is 1.82 bits per heavy atom. The molecule has 1 aliphatic heterocycles. The van der Waals surface area contributed by atoms with Gasteiger partial charge in [-0.2, -0.15) is 17.0 Å². The maximum absolute atomic E-state index is 12.3. The van der Waals surface area contributed by atoms with Crippen LogP contribution in [0.3, 0.4) is 0 Å². The third-order valence-corrected chi connectivity index (χ3v) is 5.76. The molecule has 0 radical (unpaired) electrons. The van der Waals surface area contributed by atoms with E-state index in [1.807, 2.05) is 31.2 Å². The van der Waals surface area contributed by atoms with Crippen molar-refractivity contribution in [2.45, 2.75) is 13.3 Å². The van der Waals surface area contributed by atoms with E-state index < -0.39 is 10.2 Å². The van der Waals surface area contributed by atoms with Crippen molar-refractivity contribution in [1.29, 1.82) is 0 Å². The Kier molecular flexibility index (Phi) is 5.20. The van der Waals surface area contributed by atoms with Crippen LogP contribution in [0, 0.1) is 6.92 Å². The maximum Gasteiger partial charge on any atom is 0.281 e. The predicted octanol–water partition coefficient (Wildman–Crippen LogP) is 0.488. The Balaban J connectivity index is 1.93. The van der Waals surface area contributed by atoms with E-state index in [1.165, 1.54) is 22.7 Å². The van der Waals surface area contributed by atoms with E-state index in [1.54, 1.807) is 4.90 Å². The van der Waals surface area contributed by atoms with Gasteiger partial charge < -0.3 is 4.90 Å². The van der Waals surface area contributed by atoms with Gasteiger partial charge in [0.15, 0.2) is 0 Å². The summed E-state index contributed by atoms with van der Waals surface area (Å²) < 4.78 is 26.7. The number of hydrogen-bond donors (Lipinski definition) is 0. The molecule has 1 aliphatic rings. The standard InChI is InChI=1S/C15H23N3O3S/c1-13-5-4-6-14(11-13)12-15(19)17-7-9-18(10-8-17)22(20,21)16(2)3/h4-6,11H,7-10,12H2,1-3H3. The van der Waals surface area contributed by atoms with Crippen LogP contribution in [0.25, 0.3) is 0 Å². The molecular formula is C15H23N3O3S. The number of piperazine rings is 1. The number of aryl methyl sites for hydroxylation is 1. The second kappa shape index (κ2) is 6.76. The molecule has 1 heterocycles. The second-order valence-corrected chi connectivity index (χ2v) is 7.88. The molecule has 1 aromatic carbocycles. The molecule has 0 saturated carbocycles. The van der Waals surface area contributed by atoms with Crippen LogP contribution in [0.1, 0.15) is 11.1 Å². The molecule has 0 aliphatic carbocycles. The first-order chi connectivity index (χ1) is 10.3. The number of hydrogen-bond acceptors (Lipinski definition) is 3. The summed E-state index contributed by atoms with van der Waals surface area (Å²) in [5, 5.41) is 0. The number of benzene rings is 1. The van der Waals surface area contributed by atoms with Gasteiger partial charge in [-0.3, -0.25) is 4.79 Å².